The van der Waals surface area contributed by atoms with Crippen LogP contribution in [0.4, 0.5) is 4.79 Å². The number of phenols is 1. The number of carboxylic acids is 1. The maximum Gasteiger partial charge on any atom is 0.326 e. The Hall–Kier alpha value is -2.24. The molecule has 1 saturated heterocycles. The highest BCUT2D eigenvalue weighted by Crippen LogP contribution is 2.15. The molecule has 1 aromatic rings. The van der Waals surface area contributed by atoms with Gasteiger partial charge in [-0.2, -0.15) is 0 Å². The lowest BCUT2D eigenvalue weighted by Crippen LogP contribution is -2.48. The molecule has 0 radical (unpaired) electrons. The van der Waals surface area contributed by atoms with Gasteiger partial charge in [-0.25, -0.2) is 9.59 Å². The van der Waals surface area contributed by atoms with Crippen LogP contribution < -0.4 is 5.32 Å². The molecule has 1 aliphatic heterocycles. The van der Waals surface area contributed by atoms with Gasteiger partial charge in [-0.3, -0.25) is 0 Å². The van der Waals surface area contributed by atoms with Gasteiger partial charge in [-0.15, -0.1) is 0 Å². The number of nitrogens with one attached hydrogen (secondary N) is 1. The van der Waals surface area contributed by atoms with E-state index in [9.17, 15) is 19.8 Å². The van der Waals surface area contributed by atoms with E-state index >= 15 is 0 Å². The molecule has 21 heavy (non-hydrogen) atoms. The summed E-state index contributed by atoms with van der Waals surface area (Å²) < 4.78 is 0. The molecule has 0 bridgehead atoms. The van der Waals surface area contributed by atoms with Crippen molar-refractivity contribution in [3.8, 4) is 5.75 Å². The van der Waals surface area contributed by atoms with Crippen LogP contribution in [0.15, 0.2) is 24.3 Å². The zero-order valence-electron chi connectivity index (χ0n) is 12.0. The Kier molecular flexibility index (Phi) is 4.67. The predicted molar refractivity (Wildman–Crippen MR) is 77.1 cm³/mol. The number of carboxylic acid groups (broad SMARTS) is 1. The van der Waals surface area contributed by atoms with Crippen LogP contribution >= 0.6 is 0 Å². The van der Waals surface area contributed by atoms with E-state index in [1.165, 1.54) is 12.1 Å². The van der Waals surface area contributed by atoms with E-state index in [0.717, 1.165) is 12.0 Å². The Balaban J connectivity index is 1.97. The number of hydrogen-bond donors (Lipinski definition) is 3. The zero-order chi connectivity index (χ0) is 15.4. The summed E-state index contributed by atoms with van der Waals surface area (Å²) in [5.74, 6) is -0.486. The molecule has 0 aliphatic carbocycles. The number of aliphatic carboxylic acids is 1. The van der Waals surface area contributed by atoms with Crippen LogP contribution in [-0.2, 0) is 11.2 Å². The van der Waals surface area contributed by atoms with Crippen molar-refractivity contribution in [2.75, 3.05) is 13.1 Å². The second-order valence-corrected chi connectivity index (χ2v) is 5.55. The van der Waals surface area contributed by atoms with Crippen LogP contribution in [0.5, 0.6) is 5.75 Å². The van der Waals surface area contributed by atoms with E-state index in [2.05, 4.69) is 12.2 Å². The van der Waals surface area contributed by atoms with Gasteiger partial charge in [-0.05, 0) is 30.0 Å². The Labute approximate surface area is 123 Å². The van der Waals surface area contributed by atoms with Crippen molar-refractivity contribution in [3.05, 3.63) is 29.8 Å². The molecule has 3 N–H and O–H groups in total. The Morgan fingerprint density at radius 2 is 2.05 bits per heavy atom. The van der Waals surface area contributed by atoms with E-state index in [1.54, 1.807) is 17.0 Å². The molecule has 0 saturated carbocycles. The summed E-state index contributed by atoms with van der Waals surface area (Å²) in [5, 5.41) is 21.0. The number of likely N-dealkylation sites (tertiary alicyclic amines) is 1. The van der Waals surface area contributed by atoms with E-state index in [-0.39, 0.29) is 18.2 Å². The lowest BCUT2D eigenvalue weighted by Gasteiger charge is -2.21. The SMILES string of the molecule is CC1CCN(C(=O)N[C@H](Cc2ccc(O)cc2)C(=O)O)C1. The second kappa shape index (κ2) is 6.47. The normalized spacial score (nSPS) is 19.3. The van der Waals surface area contributed by atoms with Gasteiger partial charge < -0.3 is 20.4 Å². The van der Waals surface area contributed by atoms with Crippen LogP contribution in [-0.4, -0.2) is 46.2 Å². The maximum atomic E-state index is 12.1. The van der Waals surface area contributed by atoms with Crippen LogP contribution in [0.25, 0.3) is 0 Å². The molecule has 1 aromatic carbocycles. The van der Waals surface area contributed by atoms with Crippen molar-refractivity contribution < 1.29 is 19.8 Å². The Bertz CT molecular complexity index is 515. The molecule has 2 rings (SSSR count). The highest BCUT2D eigenvalue weighted by Gasteiger charge is 2.27. The summed E-state index contributed by atoms with van der Waals surface area (Å²) in [7, 11) is 0. The van der Waals surface area contributed by atoms with Crippen LogP contribution in [0.2, 0.25) is 0 Å². The number of amides is 2. The largest absolute Gasteiger partial charge is 0.508 e. The lowest BCUT2D eigenvalue weighted by molar-refractivity contribution is -0.139. The predicted octanol–water partition coefficient (Wildman–Crippen LogP) is 1.44. The van der Waals surface area contributed by atoms with Gasteiger partial charge in [-0.1, -0.05) is 19.1 Å². The van der Waals surface area contributed by atoms with E-state index in [1.807, 2.05) is 0 Å². The summed E-state index contributed by atoms with van der Waals surface area (Å²) in [6, 6.07) is 4.99. The van der Waals surface area contributed by atoms with E-state index < -0.39 is 12.0 Å². The van der Waals surface area contributed by atoms with Crippen LogP contribution in [0.1, 0.15) is 18.9 Å². The van der Waals surface area contributed by atoms with Gasteiger partial charge in [0.2, 0.25) is 0 Å². The smallest absolute Gasteiger partial charge is 0.326 e. The Morgan fingerprint density at radius 1 is 1.38 bits per heavy atom. The molecule has 6 heteroatoms. The molecule has 1 unspecified atom stereocenters. The van der Waals surface area contributed by atoms with Gasteiger partial charge >= 0.3 is 12.0 Å². The molecule has 2 atom stereocenters. The van der Waals surface area contributed by atoms with Crippen molar-refractivity contribution in [1.29, 1.82) is 0 Å². The maximum absolute atomic E-state index is 12.1. The van der Waals surface area contributed by atoms with E-state index in [4.69, 9.17) is 0 Å². The number of urea groups is 1. The molecule has 0 aromatic heterocycles. The monoisotopic (exact) mass is 292 g/mol. The van der Waals surface area contributed by atoms with Gasteiger partial charge in [0.25, 0.3) is 0 Å². The van der Waals surface area contributed by atoms with Gasteiger partial charge in [0.05, 0.1) is 0 Å². The average Bonchev–Trinajstić information content (AvgIpc) is 2.87. The standard InChI is InChI=1S/C15H20N2O4/c1-10-6-7-17(9-10)15(21)16-13(14(19)20)8-11-2-4-12(18)5-3-11/h2-5,10,13,18H,6-9H2,1H3,(H,16,21)(H,19,20)/t10?,13-/m1/s1. The third-order valence-corrected chi connectivity index (χ3v) is 3.68. The number of rotatable bonds is 4. The molecule has 1 heterocycles. The van der Waals surface area contributed by atoms with Gasteiger partial charge in [0.1, 0.15) is 11.8 Å². The van der Waals surface area contributed by atoms with Crippen molar-refractivity contribution in [3.63, 3.8) is 0 Å². The van der Waals surface area contributed by atoms with Crippen molar-refractivity contribution in [1.82, 2.24) is 10.2 Å². The minimum atomic E-state index is -1.07. The summed E-state index contributed by atoms with van der Waals surface area (Å²) in [4.78, 5) is 25.0. The number of phenolic OH excluding ortho intramolecular Hbond substituents is 1. The molecular formula is C15H20N2O4. The fourth-order valence-electron chi connectivity index (χ4n) is 2.43. The number of hydrogen-bond acceptors (Lipinski definition) is 3. The van der Waals surface area contributed by atoms with Crippen LogP contribution in [0, 0.1) is 5.92 Å². The quantitative estimate of drug-likeness (QED) is 0.783. The van der Waals surface area contributed by atoms with Gasteiger partial charge in [0, 0.05) is 19.5 Å². The summed E-state index contributed by atoms with van der Waals surface area (Å²) >= 11 is 0. The van der Waals surface area contributed by atoms with Crippen LogP contribution in [0.3, 0.4) is 0 Å². The van der Waals surface area contributed by atoms with Gasteiger partial charge in [0.15, 0.2) is 0 Å². The summed E-state index contributed by atoms with van der Waals surface area (Å²) in [6.07, 6.45) is 1.13. The van der Waals surface area contributed by atoms with Crippen molar-refractivity contribution in [2.24, 2.45) is 5.92 Å². The first kappa shape index (κ1) is 15.2. The molecule has 0 spiro atoms. The van der Waals surface area contributed by atoms with Crippen molar-refractivity contribution in [2.45, 2.75) is 25.8 Å². The minimum absolute atomic E-state index is 0.126. The van der Waals surface area contributed by atoms with E-state index in [0.29, 0.717) is 19.0 Å². The highest BCUT2D eigenvalue weighted by molar-refractivity contribution is 5.83. The highest BCUT2D eigenvalue weighted by atomic mass is 16.4. The molecule has 114 valence electrons. The summed E-state index contributed by atoms with van der Waals surface area (Å²) in [5.41, 5.74) is 0.746. The Morgan fingerprint density at radius 3 is 2.57 bits per heavy atom. The topological polar surface area (TPSA) is 89.9 Å². The molecule has 6 nitrogen and oxygen atoms in total. The lowest BCUT2D eigenvalue weighted by atomic mass is 10.1. The number of nitrogens with zero attached hydrogens (tertiary/aromatic N) is 1. The third kappa shape index (κ3) is 4.11. The first-order valence-corrected chi connectivity index (χ1v) is 7.02. The summed E-state index contributed by atoms with van der Waals surface area (Å²) in [6.45, 7) is 3.40. The number of aromatic hydroxyl groups is 1. The fraction of sp³-hybridized carbons (Fsp3) is 0.467. The molecule has 2 amide bonds. The zero-order valence-corrected chi connectivity index (χ0v) is 12.0. The molecule has 1 fully saturated rings. The number of carbonyl (C=O) groups is 2. The average molecular weight is 292 g/mol. The first-order valence-electron chi connectivity index (χ1n) is 7.02. The first-order chi connectivity index (χ1) is 9.95. The van der Waals surface area contributed by atoms with Crippen molar-refractivity contribution >= 4 is 12.0 Å². The molecule has 1 aliphatic rings. The number of benzene rings is 1. The third-order valence-electron chi connectivity index (χ3n) is 3.68. The number of carbonyl (C=O) groups excluding carboxylic acids is 1. The minimum Gasteiger partial charge on any atom is -0.508 e. The second-order valence-electron chi connectivity index (χ2n) is 5.55. The fourth-order valence-corrected chi connectivity index (χ4v) is 2.43. The molecular weight excluding hydrogens is 272 g/mol.